The summed E-state index contributed by atoms with van der Waals surface area (Å²) in [5, 5.41) is 3.30. The van der Waals surface area contributed by atoms with Gasteiger partial charge < -0.3 is 14.4 Å². The Balaban J connectivity index is 1.53. The van der Waals surface area contributed by atoms with Crippen molar-refractivity contribution in [2.45, 2.75) is 12.8 Å². The molecule has 1 aromatic heterocycles. The van der Waals surface area contributed by atoms with Crippen LogP contribution in [0.25, 0.3) is 21.2 Å². The number of likely N-dealkylation sites (N-methyl/N-ethyl adjacent to an activating group) is 1. The first-order valence-corrected chi connectivity index (χ1v) is 10.1. The summed E-state index contributed by atoms with van der Waals surface area (Å²) in [6.45, 7) is 3.51. The molecular weight excluding hydrogens is 361 g/mol. The van der Waals surface area contributed by atoms with Crippen LogP contribution in [-0.2, 0) is 4.74 Å². The van der Waals surface area contributed by atoms with Gasteiger partial charge in [-0.3, -0.25) is 0 Å². The van der Waals surface area contributed by atoms with Gasteiger partial charge in [-0.05, 0) is 67.7 Å². The minimum Gasteiger partial charge on any atom is -0.494 e. The second-order valence-electron chi connectivity index (χ2n) is 6.67. The SMILES string of the molecule is COCCN(C)CCCCOc1ccc2c(-c3ccc(F)cc3)csc2c1. The summed E-state index contributed by atoms with van der Waals surface area (Å²) in [4.78, 5) is 2.28. The highest BCUT2D eigenvalue weighted by atomic mass is 32.1. The van der Waals surface area contributed by atoms with Crippen LogP contribution in [-0.4, -0.2) is 45.4 Å². The van der Waals surface area contributed by atoms with Crippen molar-refractivity contribution < 1.29 is 13.9 Å². The predicted octanol–water partition coefficient (Wildman–Crippen LogP) is 5.44. The Kier molecular flexibility index (Phi) is 7.21. The first kappa shape index (κ1) is 19.8. The molecule has 144 valence electrons. The Bertz CT molecular complexity index is 847. The molecule has 0 fully saturated rings. The minimum atomic E-state index is -0.209. The molecule has 0 bridgehead atoms. The van der Waals surface area contributed by atoms with Gasteiger partial charge in [-0.15, -0.1) is 11.3 Å². The fourth-order valence-electron chi connectivity index (χ4n) is 2.98. The van der Waals surface area contributed by atoms with E-state index < -0.39 is 0 Å². The maximum Gasteiger partial charge on any atom is 0.123 e. The number of thiophene rings is 1. The zero-order valence-corrected chi connectivity index (χ0v) is 16.7. The molecule has 0 aliphatic heterocycles. The van der Waals surface area contributed by atoms with Gasteiger partial charge in [0.15, 0.2) is 0 Å². The molecule has 2 aromatic carbocycles. The Hall–Kier alpha value is -1.95. The number of rotatable bonds is 10. The Morgan fingerprint density at radius 2 is 1.81 bits per heavy atom. The number of benzene rings is 2. The summed E-state index contributed by atoms with van der Waals surface area (Å²) in [5.74, 6) is 0.696. The van der Waals surface area contributed by atoms with Gasteiger partial charge >= 0.3 is 0 Å². The maximum absolute atomic E-state index is 13.1. The minimum absolute atomic E-state index is 0.209. The normalized spacial score (nSPS) is 11.4. The van der Waals surface area contributed by atoms with Gasteiger partial charge in [-0.25, -0.2) is 4.39 Å². The summed E-state index contributed by atoms with van der Waals surface area (Å²) in [5.41, 5.74) is 2.18. The van der Waals surface area contributed by atoms with Crippen LogP contribution in [0.1, 0.15) is 12.8 Å². The van der Waals surface area contributed by atoms with Crippen LogP contribution in [0.4, 0.5) is 4.39 Å². The van der Waals surface area contributed by atoms with Crippen molar-refractivity contribution in [3.8, 4) is 16.9 Å². The molecule has 0 unspecified atom stereocenters. The first-order valence-electron chi connectivity index (χ1n) is 9.25. The number of nitrogens with zero attached hydrogens (tertiary/aromatic N) is 1. The predicted molar refractivity (Wildman–Crippen MR) is 111 cm³/mol. The van der Waals surface area contributed by atoms with E-state index in [0.29, 0.717) is 0 Å². The van der Waals surface area contributed by atoms with Gasteiger partial charge in [-0.2, -0.15) is 0 Å². The molecule has 0 aliphatic rings. The Labute approximate surface area is 164 Å². The highest BCUT2D eigenvalue weighted by molar-refractivity contribution is 7.17. The van der Waals surface area contributed by atoms with Crippen molar-refractivity contribution in [3.05, 3.63) is 53.7 Å². The average Bonchev–Trinajstić information content (AvgIpc) is 3.10. The Morgan fingerprint density at radius 1 is 1.00 bits per heavy atom. The van der Waals surface area contributed by atoms with Crippen LogP contribution < -0.4 is 4.74 Å². The topological polar surface area (TPSA) is 21.7 Å². The summed E-state index contributed by atoms with van der Waals surface area (Å²) in [6, 6.07) is 12.9. The molecule has 0 radical (unpaired) electrons. The standard InChI is InChI=1S/C22H26FNO2S/c1-24(12-14-25-2)11-3-4-13-26-19-9-10-20-21(16-27-22(20)15-19)17-5-7-18(23)8-6-17/h5-10,15-16H,3-4,11-14H2,1-2H3. The summed E-state index contributed by atoms with van der Waals surface area (Å²) < 4.78 is 25.3. The molecule has 0 atom stereocenters. The number of fused-ring (bicyclic) bond motifs is 1. The van der Waals surface area contributed by atoms with E-state index >= 15 is 0 Å². The van der Waals surface area contributed by atoms with E-state index in [1.165, 1.54) is 22.2 Å². The van der Waals surface area contributed by atoms with E-state index in [2.05, 4.69) is 29.5 Å². The number of unbranched alkanes of at least 4 members (excludes halogenated alkanes) is 1. The molecule has 0 aliphatic carbocycles. The fraction of sp³-hybridized carbons (Fsp3) is 0.364. The zero-order chi connectivity index (χ0) is 19.1. The molecule has 3 aromatic rings. The molecular formula is C22H26FNO2S. The van der Waals surface area contributed by atoms with Crippen LogP contribution in [0.3, 0.4) is 0 Å². The second kappa shape index (κ2) is 9.83. The second-order valence-corrected chi connectivity index (χ2v) is 7.58. The number of halogens is 1. The van der Waals surface area contributed by atoms with E-state index in [1.807, 2.05) is 18.2 Å². The highest BCUT2D eigenvalue weighted by Crippen LogP contribution is 2.36. The smallest absolute Gasteiger partial charge is 0.123 e. The third kappa shape index (κ3) is 5.51. The van der Waals surface area contributed by atoms with Crippen molar-refractivity contribution in [1.82, 2.24) is 4.90 Å². The van der Waals surface area contributed by atoms with Crippen molar-refractivity contribution in [2.75, 3.05) is 40.5 Å². The monoisotopic (exact) mass is 387 g/mol. The van der Waals surface area contributed by atoms with E-state index in [4.69, 9.17) is 9.47 Å². The molecule has 3 nitrogen and oxygen atoms in total. The molecule has 0 saturated heterocycles. The van der Waals surface area contributed by atoms with E-state index in [1.54, 1.807) is 18.4 Å². The molecule has 0 N–H and O–H groups in total. The molecule has 27 heavy (non-hydrogen) atoms. The average molecular weight is 388 g/mol. The third-order valence-corrected chi connectivity index (χ3v) is 5.53. The van der Waals surface area contributed by atoms with Gasteiger partial charge in [0.25, 0.3) is 0 Å². The van der Waals surface area contributed by atoms with Crippen molar-refractivity contribution in [1.29, 1.82) is 0 Å². The molecule has 0 spiro atoms. The lowest BCUT2D eigenvalue weighted by Crippen LogP contribution is -2.24. The summed E-state index contributed by atoms with van der Waals surface area (Å²) in [7, 11) is 3.85. The van der Waals surface area contributed by atoms with E-state index in [9.17, 15) is 4.39 Å². The Morgan fingerprint density at radius 3 is 2.59 bits per heavy atom. The largest absolute Gasteiger partial charge is 0.494 e. The maximum atomic E-state index is 13.1. The van der Waals surface area contributed by atoms with Gasteiger partial charge in [0.2, 0.25) is 0 Å². The molecule has 0 saturated carbocycles. The van der Waals surface area contributed by atoms with Crippen molar-refractivity contribution >= 4 is 21.4 Å². The van der Waals surface area contributed by atoms with Gasteiger partial charge in [-0.1, -0.05) is 12.1 Å². The summed E-state index contributed by atoms with van der Waals surface area (Å²) >= 11 is 1.69. The van der Waals surface area contributed by atoms with Crippen LogP contribution in [0.2, 0.25) is 0 Å². The molecule has 0 amide bonds. The third-order valence-electron chi connectivity index (χ3n) is 4.58. The first-order chi connectivity index (χ1) is 13.2. The zero-order valence-electron chi connectivity index (χ0n) is 15.9. The van der Waals surface area contributed by atoms with Crippen molar-refractivity contribution in [2.24, 2.45) is 0 Å². The van der Waals surface area contributed by atoms with E-state index in [-0.39, 0.29) is 5.82 Å². The van der Waals surface area contributed by atoms with Crippen LogP contribution in [0, 0.1) is 5.82 Å². The quantitative estimate of drug-likeness (QED) is 0.432. The van der Waals surface area contributed by atoms with Gasteiger partial charge in [0.05, 0.1) is 13.2 Å². The van der Waals surface area contributed by atoms with Crippen LogP contribution in [0.5, 0.6) is 5.75 Å². The lowest BCUT2D eigenvalue weighted by molar-refractivity contribution is 0.159. The van der Waals surface area contributed by atoms with Crippen LogP contribution >= 0.6 is 11.3 Å². The molecule has 5 heteroatoms. The van der Waals surface area contributed by atoms with Crippen LogP contribution in [0.15, 0.2) is 47.8 Å². The molecule has 1 heterocycles. The van der Waals surface area contributed by atoms with E-state index in [0.717, 1.165) is 56.0 Å². The number of methoxy groups -OCH3 is 1. The summed E-state index contributed by atoms with van der Waals surface area (Å²) in [6.07, 6.45) is 2.14. The number of hydrogen-bond donors (Lipinski definition) is 0. The number of hydrogen-bond acceptors (Lipinski definition) is 4. The lowest BCUT2D eigenvalue weighted by atomic mass is 10.0. The highest BCUT2D eigenvalue weighted by Gasteiger charge is 2.08. The van der Waals surface area contributed by atoms with Gasteiger partial charge in [0, 0.05) is 29.3 Å². The lowest BCUT2D eigenvalue weighted by Gasteiger charge is -2.15. The number of ether oxygens (including phenoxy) is 2. The molecule has 3 rings (SSSR count). The fourth-order valence-corrected chi connectivity index (χ4v) is 3.98. The van der Waals surface area contributed by atoms with Gasteiger partial charge in [0.1, 0.15) is 11.6 Å². The van der Waals surface area contributed by atoms with Crippen molar-refractivity contribution in [3.63, 3.8) is 0 Å².